The van der Waals surface area contributed by atoms with E-state index in [1.54, 1.807) is 0 Å². The first-order valence-corrected chi connectivity index (χ1v) is 6.94. The molecule has 1 heterocycles. The van der Waals surface area contributed by atoms with Gasteiger partial charge in [-0.25, -0.2) is 0 Å². The minimum absolute atomic E-state index is 0.512. The van der Waals surface area contributed by atoms with Crippen LogP contribution < -0.4 is 5.32 Å². The van der Waals surface area contributed by atoms with Crippen molar-refractivity contribution >= 4 is 0 Å². The summed E-state index contributed by atoms with van der Waals surface area (Å²) in [4.78, 5) is 2.77. The molecule has 0 aromatic carbocycles. The van der Waals surface area contributed by atoms with E-state index in [1.807, 2.05) is 0 Å². The first-order chi connectivity index (χ1) is 7.87. The van der Waals surface area contributed by atoms with Crippen molar-refractivity contribution in [2.45, 2.75) is 50.5 Å². The minimum Gasteiger partial charge on any atom is -0.314 e. The molecule has 2 aliphatic rings. The van der Waals surface area contributed by atoms with E-state index in [9.17, 15) is 0 Å². The van der Waals surface area contributed by atoms with Gasteiger partial charge in [0, 0.05) is 25.2 Å². The van der Waals surface area contributed by atoms with Crippen LogP contribution in [0, 0.1) is 0 Å². The number of allylic oxidation sites excluding steroid dienone is 1. The topological polar surface area (TPSA) is 15.3 Å². The van der Waals surface area contributed by atoms with E-state index >= 15 is 0 Å². The maximum Gasteiger partial charge on any atom is 0.0334 e. The standard InChI is InChI=1S/C14H26N2/c1-2-3-7-11-16-12-10-15-13-14(16)8-5-4-6-9-14/h2,15H,1,3-13H2. The van der Waals surface area contributed by atoms with Crippen LogP contribution in [0.1, 0.15) is 44.9 Å². The smallest absolute Gasteiger partial charge is 0.0334 e. The number of hydrogen-bond donors (Lipinski definition) is 1. The van der Waals surface area contributed by atoms with Gasteiger partial charge in [0.1, 0.15) is 0 Å². The van der Waals surface area contributed by atoms with Gasteiger partial charge in [0.05, 0.1) is 0 Å². The summed E-state index contributed by atoms with van der Waals surface area (Å²) in [6, 6.07) is 0. The molecular weight excluding hydrogens is 196 g/mol. The molecule has 0 bridgehead atoms. The molecule has 0 atom stereocenters. The van der Waals surface area contributed by atoms with Gasteiger partial charge in [0.15, 0.2) is 0 Å². The fourth-order valence-corrected chi connectivity index (χ4v) is 3.36. The van der Waals surface area contributed by atoms with Gasteiger partial charge in [-0.3, -0.25) is 4.90 Å². The van der Waals surface area contributed by atoms with Crippen molar-refractivity contribution in [2.75, 3.05) is 26.2 Å². The van der Waals surface area contributed by atoms with Crippen LogP contribution in [0.3, 0.4) is 0 Å². The van der Waals surface area contributed by atoms with Gasteiger partial charge in [-0.1, -0.05) is 25.3 Å². The van der Waals surface area contributed by atoms with Crippen molar-refractivity contribution in [2.24, 2.45) is 0 Å². The Labute approximate surface area is 100 Å². The van der Waals surface area contributed by atoms with E-state index in [0.717, 1.165) is 0 Å². The van der Waals surface area contributed by atoms with Crippen molar-refractivity contribution < 1.29 is 0 Å². The predicted octanol–water partition coefficient (Wildman–Crippen LogP) is 2.56. The number of nitrogens with one attached hydrogen (secondary N) is 1. The molecule has 1 N–H and O–H groups in total. The molecule has 2 fully saturated rings. The molecule has 1 saturated heterocycles. The Hall–Kier alpha value is -0.340. The second kappa shape index (κ2) is 5.83. The SMILES string of the molecule is C=CCCCN1CCNCC12CCCCC2. The van der Waals surface area contributed by atoms with Crippen LogP contribution >= 0.6 is 0 Å². The quantitative estimate of drug-likeness (QED) is 0.581. The largest absolute Gasteiger partial charge is 0.314 e. The zero-order valence-corrected chi connectivity index (χ0v) is 10.5. The molecular formula is C14H26N2. The van der Waals surface area contributed by atoms with E-state index in [0.29, 0.717) is 5.54 Å². The number of unbranched alkanes of at least 4 members (excludes halogenated alkanes) is 1. The van der Waals surface area contributed by atoms with Gasteiger partial charge in [0.2, 0.25) is 0 Å². The Morgan fingerprint density at radius 1 is 1.25 bits per heavy atom. The van der Waals surface area contributed by atoms with Crippen LogP contribution in [-0.4, -0.2) is 36.6 Å². The molecule has 16 heavy (non-hydrogen) atoms. The van der Waals surface area contributed by atoms with Gasteiger partial charge in [-0.15, -0.1) is 6.58 Å². The lowest BCUT2D eigenvalue weighted by Gasteiger charge is -2.50. The maximum absolute atomic E-state index is 3.82. The molecule has 1 aliphatic heterocycles. The molecule has 2 heteroatoms. The Kier molecular flexibility index (Phi) is 4.42. The number of rotatable bonds is 4. The normalized spacial score (nSPS) is 25.8. The highest BCUT2D eigenvalue weighted by Crippen LogP contribution is 2.34. The fraction of sp³-hybridized carbons (Fsp3) is 0.857. The molecule has 0 amide bonds. The Bertz CT molecular complexity index is 211. The van der Waals surface area contributed by atoms with Crippen LogP contribution in [0.15, 0.2) is 12.7 Å². The van der Waals surface area contributed by atoms with Crippen LogP contribution in [0.2, 0.25) is 0 Å². The van der Waals surface area contributed by atoms with Gasteiger partial charge in [-0.05, 0) is 32.2 Å². The molecule has 2 rings (SSSR count). The third kappa shape index (κ3) is 2.67. The molecule has 0 aromatic rings. The monoisotopic (exact) mass is 222 g/mol. The summed E-state index contributed by atoms with van der Waals surface area (Å²) in [6.07, 6.45) is 11.6. The first kappa shape index (κ1) is 12.1. The fourth-order valence-electron chi connectivity index (χ4n) is 3.36. The Balaban J connectivity index is 1.92. The predicted molar refractivity (Wildman–Crippen MR) is 69.7 cm³/mol. The lowest BCUT2D eigenvalue weighted by molar-refractivity contribution is 0.0270. The van der Waals surface area contributed by atoms with E-state index < -0.39 is 0 Å². The molecule has 0 unspecified atom stereocenters. The summed E-state index contributed by atoms with van der Waals surface area (Å²) in [6.45, 7) is 8.73. The molecule has 92 valence electrons. The van der Waals surface area contributed by atoms with Crippen molar-refractivity contribution in [3.8, 4) is 0 Å². The summed E-state index contributed by atoms with van der Waals surface area (Å²) in [5, 5.41) is 3.60. The summed E-state index contributed by atoms with van der Waals surface area (Å²) in [7, 11) is 0. The van der Waals surface area contributed by atoms with Gasteiger partial charge in [-0.2, -0.15) is 0 Å². The lowest BCUT2D eigenvalue weighted by Crippen LogP contribution is -2.62. The second-order valence-electron chi connectivity index (χ2n) is 5.38. The van der Waals surface area contributed by atoms with E-state index in [2.05, 4.69) is 22.9 Å². The Morgan fingerprint density at radius 3 is 2.81 bits per heavy atom. The molecule has 0 aromatic heterocycles. The summed E-state index contributed by atoms with van der Waals surface area (Å²) < 4.78 is 0. The third-order valence-electron chi connectivity index (χ3n) is 4.30. The van der Waals surface area contributed by atoms with Crippen LogP contribution in [0.4, 0.5) is 0 Å². The second-order valence-corrected chi connectivity index (χ2v) is 5.38. The van der Waals surface area contributed by atoms with Crippen molar-refractivity contribution in [3.63, 3.8) is 0 Å². The zero-order chi connectivity index (χ0) is 11.3. The number of piperazine rings is 1. The van der Waals surface area contributed by atoms with Crippen LogP contribution in [0.25, 0.3) is 0 Å². The molecule has 0 radical (unpaired) electrons. The summed E-state index contributed by atoms with van der Waals surface area (Å²) in [5.74, 6) is 0. The average molecular weight is 222 g/mol. The third-order valence-corrected chi connectivity index (χ3v) is 4.30. The minimum atomic E-state index is 0.512. The molecule has 2 nitrogen and oxygen atoms in total. The lowest BCUT2D eigenvalue weighted by atomic mass is 9.79. The molecule has 1 saturated carbocycles. The van der Waals surface area contributed by atoms with Crippen molar-refractivity contribution in [1.29, 1.82) is 0 Å². The molecule has 1 aliphatic carbocycles. The van der Waals surface area contributed by atoms with Crippen LogP contribution in [-0.2, 0) is 0 Å². The highest BCUT2D eigenvalue weighted by Gasteiger charge is 2.38. The van der Waals surface area contributed by atoms with E-state index in [-0.39, 0.29) is 0 Å². The number of hydrogen-bond acceptors (Lipinski definition) is 2. The summed E-state index contributed by atoms with van der Waals surface area (Å²) >= 11 is 0. The highest BCUT2D eigenvalue weighted by atomic mass is 15.3. The van der Waals surface area contributed by atoms with Gasteiger partial charge >= 0.3 is 0 Å². The average Bonchev–Trinajstić information content (AvgIpc) is 2.33. The first-order valence-electron chi connectivity index (χ1n) is 6.94. The summed E-state index contributed by atoms with van der Waals surface area (Å²) in [5.41, 5.74) is 0.512. The Morgan fingerprint density at radius 2 is 2.06 bits per heavy atom. The zero-order valence-electron chi connectivity index (χ0n) is 10.5. The van der Waals surface area contributed by atoms with E-state index in [4.69, 9.17) is 0 Å². The van der Waals surface area contributed by atoms with Crippen LogP contribution in [0.5, 0.6) is 0 Å². The van der Waals surface area contributed by atoms with Gasteiger partial charge < -0.3 is 5.32 Å². The van der Waals surface area contributed by atoms with E-state index in [1.165, 1.54) is 71.1 Å². The molecule has 1 spiro atoms. The van der Waals surface area contributed by atoms with Gasteiger partial charge in [0.25, 0.3) is 0 Å². The van der Waals surface area contributed by atoms with Crippen molar-refractivity contribution in [1.82, 2.24) is 10.2 Å². The highest BCUT2D eigenvalue weighted by molar-refractivity contribution is 4.97. The number of nitrogens with zero attached hydrogens (tertiary/aromatic N) is 1. The van der Waals surface area contributed by atoms with Crippen molar-refractivity contribution in [3.05, 3.63) is 12.7 Å². The maximum atomic E-state index is 3.82.